The van der Waals surface area contributed by atoms with Crippen molar-refractivity contribution < 1.29 is 0 Å². The molecule has 0 saturated heterocycles. The second kappa shape index (κ2) is 8.32. The van der Waals surface area contributed by atoms with Crippen molar-refractivity contribution >= 4 is 12.2 Å². The van der Waals surface area contributed by atoms with E-state index in [-0.39, 0.29) is 0 Å². The molecule has 2 heterocycles. The summed E-state index contributed by atoms with van der Waals surface area (Å²) in [6, 6.07) is 13.2. The van der Waals surface area contributed by atoms with Crippen molar-refractivity contribution in [2.24, 2.45) is 11.8 Å². The van der Waals surface area contributed by atoms with Crippen molar-refractivity contribution in [2.45, 2.75) is 58.2 Å². The van der Waals surface area contributed by atoms with Gasteiger partial charge in [0, 0.05) is 24.0 Å². The molecule has 0 spiro atoms. The molecule has 6 heteroatoms. The van der Waals surface area contributed by atoms with Crippen molar-refractivity contribution in [1.82, 2.24) is 24.2 Å². The molecule has 162 valence electrons. The number of aromatic nitrogens is 4. The first kappa shape index (κ1) is 20.6. The van der Waals surface area contributed by atoms with E-state index in [0.717, 1.165) is 40.4 Å². The highest BCUT2D eigenvalue weighted by atomic mass is 32.1. The molecule has 5 rings (SSSR count). The minimum Gasteiger partial charge on any atom is -0.284 e. The molecule has 5 nitrogen and oxygen atoms in total. The smallest absolute Gasteiger partial charge is 0.204 e. The molecule has 0 aliphatic heterocycles. The van der Waals surface area contributed by atoms with Gasteiger partial charge >= 0.3 is 0 Å². The molecule has 2 fully saturated rings. The van der Waals surface area contributed by atoms with Crippen LogP contribution < -0.4 is 0 Å². The number of hydrogen-bond acceptors (Lipinski definition) is 4. The predicted octanol–water partition coefficient (Wildman–Crippen LogP) is 5.67. The lowest BCUT2D eigenvalue weighted by Gasteiger charge is -2.27. The van der Waals surface area contributed by atoms with Gasteiger partial charge in [0.15, 0.2) is 5.82 Å². The SMILES string of the molecule is CC(C)c1ccccc1-n1c(-c2cccnc2)nn(CN(C)C(C2CC2)C2CC2)c1=S. The van der Waals surface area contributed by atoms with Crippen LogP contribution in [0.5, 0.6) is 0 Å². The first-order valence-electron chi connectivity index (χ1n) is 11.4. The van der Waals surface area contributed by atoms with Gasteiger partial charge in [0.2, 0.25) is 4.77 Å². The number of rotatable bonds is 8. The Morgan fingerprint density at radius 1 is 1.06 bits per heavy atom. The highest BCUT2D eigenvalue weighted by molar-refractivity contribution is 7.71. The Morgan fingerprint density at radius 2 is 1.77 bits per heavy atom. The van der Waals surface area contributed by atoms with Gasteiger partial charge < -0.3 is 0 Å². The highest BCUT2D eigenvalue weighted by Gasteiger charge is 2.43. The minimum absolute atomic E-state index is 0.389. The van der Waals surface area contributed by atoms with E-state index >= 15 is 0 Å². The van der Waals surface area contributed by atoms with Gasteiger partial charge in [-0.25, -0.2) is 4.68 Å². The number of hydrogen-bond donors (Lipinski definition) is 0. The zero-order chi connectivity index (χ0) is 21.5. The largest absolute Gasteiger partial charge is 0.284 e. The van der Waals surface area contributed by atoms with Gasteiger partial charge in [-0.3, -0.25) is 14.5 Å². The van der Waals surface area contributed by atoms with Crippen LogP contribution in [0.1, 0.15) is 51.0 Å². The molecule has 0 unspecified atom stereocenters. The number of pyridine rings is 1. The quantitative estimate of drug-likeness (QED) is 0.429. The van der Waals surface area contributed by atoms with Crippen molar-refractivity contribution in [1.29, 1.82) is 0 Å². The molecule has 2 aromatic heterocycles. The van der Waals surface area contributed by atoms with Crippen LogP contribution in [0.4, 0.5) is 0 Å². The van der Waals surface area contributed by atoms with Crippen LogP contribution in [-0.4, -0.2) is 37.3 Å². The Labute approximate surface area is 189 Å². The maximum absolute atomic E-state index is 6.02. The monoisotopic (exact) mass is 433 g/mol. The molecule has 0 bridgehead atoms. The summed E-state index contributed by atoms with van der Waals surface area (Å²) >= 11 is 6.02. The van der Waals surface area contributed by atoms with Crippen LogP contribution in [-0.2, 0) is 6.67 Å². The Bertz CT molecular complexity index is 1100. The highest BCUT2D eigenvalue weighted by Crippen LogP contribution is 2.47. The fourth-order valence-corrected chi connectivity index (χ4v) is 5.15. The van der Waals surface area contributed by atoms with Crippen LogP contribution >= 0.6 is 12.2 Å². The van der Waals surface area contributed by atoms with E-state index in [1.807, 2.05) is 16.9 Å². The van der Waals surface area contributed by atoms with Crippen LogP contribution in [0.2, 0.25) is 0 Å². The van der Waals surface area contributed by atoms with E-state index in [0.29, 0.717) is 12.0 Å². The molecule has 2 aliphatic rings. The number of benzene rings is 1. The van der Waals surface area contributed by atoms with Crippen molar-refractivity contribution in [3.63, 3.8) is 0 Å². The van der Waals surface area contributed by atoms with Crippen LogP contribution in [0, 0.1) is 16.6 Å². The molecular formula is C25H31N5S. The van der Waals surface area contributed by atoms with Gasteiger partial charge in [0.25, 0.3) is 0 Å². The van der Waals surface area contributed by atoms with Crippen molar-refractivity contribution in [3.05, 3.63) is 59.1 Å². The van der Waals surface area contributed by atoms with Gasteiger partial charge in [-0.15, -0.1) is 5.10 Å². The first-order valence-corrected chi connectivity index (χ1v) is 11.8. The molecular weight excluding hydrogens is 402 g/mol. The lowest BCUT2D eigenvalue weighted by atomic mass is 10.0. The van der Waals surface area contributed by atoms with E-state index in [4.69, 9.17) is 17.3 Å². The van der Waals surface area contributed by atoms with Crippen molar-refractivity contribution in [2.75, 3.05) is 7.05 Å². The maximum Gasteiger partial charge on any atom is 0.204 e. The number of para-hydroxylation sites is 1. The molecule has 0 N–H and O–H groups in total. The molecule has 1 aromatic carbocycles. The van der Waals surface area contributed by atoms with Gasteiger partial charge in [-0.05, 0) is 86.5 Å². The van der Waals surface area contributed by atoms with Gasteiger partial charge in [-0.2, -0.15) is 0 Å². The van der Waals surface area contributed by atoms with E-state index in [1.54, 1.807) is 6.20 Å². The summed E-state index contributed by atoms with van der Waals surface area (Å²) in [6.45, 7) is 5.17. The standard InChI is InChI=1S/C25H31N5S/c1-17(2)21-8-4-5-9-22(21)30-24(20-7-6-14-26-15-20)27-29(25(30)31)16-28(3)23(18-10-11-18)19-12-13-19/h4-9,14-15,17-19,23H,10-13,16H2,1-3H3. The third-order valence-electron chi connectivity index (χ3n) is 6.63. The summed E-state index contributed by atoms with van der Waals surface area (Å²) in [5.74, 6) is 2.95. The van der Waals surface area contributed by atoms with E-state index in [1.165, 1.54) is 31.2 Å². The van der Waals surface area contributed by atoms with Crippen LogP contribution in [0.15, 0.2) is 48.8 Å². The number of nitrogens with zero attached hydrogens (tertiary/aromatic N) is 5. The molecule has 2 saturated carbocycles. The molecule has 0 amide bonds. The fraction of sp³-hybridized carbons (Fsp3) is 0.480. The zero-order valence-electron chi connectivity index (χ0n) is 18.6. The normalized spacial score (nSPS) is 16.6. The average molecular weight is 434 g/mol. The predicted molar refractivity (Wildman–Crippen MR) is 127 cm³/mol. The second-order valence-electron chi connectivity index (χ2n) is 9.46. The zero-order valence-corrected chi connectivity index (χ0v) is 19.4. The summed E-state index contributed by atoms with van der Waals surface area (Å²) in [6.07, 6.45) is 9.15. The average Bonchev–Trinajstić information content (AvgIpc) is 3.70. The van der Waals surface area contributed by atoms with E-state index in [2.05, 4.69) is 65.7 Å². The Balaban J connectivity index is 1.59. The first-order chi connectivity index (χ1) is 15.0. The Morgan fingerprint density at radius 3 is 2.39 bits per heavy atom. The molecule has 31 heavy (non-hydrogen) atoms. The molecule has 3 aromatic rings. The molecule has 0 atom stereocenters. The summed E-state index contributed by atoms with van der Waals surface area (Å²) in [5, 5.41) is 5.03. The van der Waals surface area contributed by atoms with E-state index in [9.17, 15) is 0 Å². The minimum atomic E-state index is 0.389. The lowest BCUT2D eigenvalue weighted by molar-refractivity contribution is 0.145. The van der Waals surface area contributed by atoms with E-state index < -0.39 is 0 Å². The third-order valence-corrected chi connectivity index (χ3v) is 7.03. The van der Waals surface area contributed by atoms with Crippen molar-refractivity contribution in [3.8, 4) is 17.1 Å². The third kappa shape index (κ3) is 4.11. The maximum atomic E-state index is 6.02. The summed E-state index contributed by atoms with van der Waals surface area (Å²) in [7, 11) is 2.24. The summed E-state index contributed by atoms with van der Waals surface area (Å²) in [4.78, 5) is 6.83. The Kier molecular flexibility index (Phi) is 5.52. The summed E-state index contributed by atoms with van der Waals surface area (Å²) in [5.41, 5.74) is 3.36. The lowest BCUT2D eigenvalue weighted by Crippen LogP contribution is -2.37. The topological polar surface area (TPSA) is 38.9 Å². The van der Waals surface area contributed by atoms with Gasteiger partial charge in [0.05, 0.1) is 12.4 Å². The summed E-state index contributed by atoms with van der Waals surface area (Å²) < 4.78 is 4.88. The van der Waals surface area contributed by atoms with Gasteiger partial charge in [-0.1, -0.05) is 32.0 Å². The van der Waals surface area contributed by atoms with Crippen LogP contribution in [0.3, 0.4) is 0 Å². The Hall–Kier alpha value is -2.31. The molecule has 0 radical (unpaired) electrons. The van der Waals surface area contributed by atoms with Gasteiger partial charge in [0.1, 0.15) is 0 Å². The second-order valence-corrected chi connectivity index (χ2v) is 9.83. The molecule has 2 aliphatic carbocycles. The van der Waals surface area contributed by atoms with Crippen LogP contribution in [0.25, 0.3) is 17.1 Å². The fourth-order valence-electron chi connectivity index (χ4n) is 4.86.